The molecule has 1 aliphatic rings. The molecule has 1 N–H and O–H groups in total. The molecule has 5 nitrogen and oxygen atoms in total. The number of hydrogen-bond acceptors (Lipinski definition) is 4. The Kier molecular flexibility index (Phi) is 4.54. The summed E-state index contributed by atoms with van der Waals surface area (Å²) in [6, 6.07) is 3.66. The summed E-state index contributed by atoms with van der Waals surface area (Å²) in [6.07, 6.45) is 3.97. The molecule has 6 heteroatoms. The summed E-state index contributed by atoms with van der Waals surface area (Å²) in [7, 11) is -3.24. The molecule has 2 heterocycles. The molecule has 0 aliphatic carbocycles. The third-order valence-corrected chi connectivity index (χ3v) is 5.45. The van der Waals surface area contributed by atoms with Gasteiger partial charge >= 0.3 is 0 Å². The second kappa shape index (κ2) is 5.98. The Labute approximate surface area is 114 Å². The normalized spacial score (nSPS) is 25.4. The summed E-state index contributed by atoms with van der Waals surface area (Å²) in [5.41, 5.74) is 0.976. The Morgan fingerprint density at radius 1 is 1.42 bits per heavy atom. The van der Waals surface area contributed by atoms with Crippen LogP contribution >= 0.6 is 0 Å². The lowest BCUT2D eigenvalue weighted by atomic mass is 9.99. The van der Waals surface area contributed by atoms with E-state index in [0.717, 1.165) is 5.56 Å². The quantitative estimate of drug-likeness (QED) is 0.881. The van der Waals surface area contributed by atoms with Gasteiger partial charge in [0.25, 0.3) is 0 Å². The van der Waals surface area contributed by atoms with Gasteiger partial charge in [0.05, 0.1) is 11.9 Å². The van der Waals surface area contributed by atoms with Crippen LogP contribution < -0.4 is 0 Å². The molecule has 106 valence electrons. The van der Waals surface area contributed by atoms with Crippen molar-refractivity contribution in [1.82, 2.24) is 9.29 Å². The molecule has 2 rings (SSSR count). The second-order valence-electron chi connectivity index (χ2n) is 5.11. The van der Waals surface area contributed by atoms with E-state index in [-0.39, 0.29) is 17.8 Å². The Hall–Kier alpha value is -0.980. The van der Waals surface area contributed by atoms with Crippen LogP contribution in [0.1, 0.15) is 18.9 Å². The van der Waals surface area contributed by atoms with Crippen LogP contribution in [0.5, 0.6) is 0 Å². The van der Waals surface area contributed by atoms with Crippen molar-refractivity contribution in [1.29, 1.82) is 0 Å². The maximum absolute atomic E-state index is 12.2. The van der Waals surface area contributed by atoms with Gasteiger partial charge < -0.3 is 5.11 Å². The third-order valence-electron chi connectivity index (χ3n) is 3.61. The summed E-state index contributed by atoms with van der Waals surface area (Å²) in [5.74, 6) is 0.115. The molecule has 0 bridgehead atoms. The lowest BCUT2D eigenvalue weighted by Crippen LogP contribution is -2.45. The SMILES string of the molecule is CC1CN(S(=O)(=O)CCc2ccncc2)CCC1O. The molecule has 0 amide bonds. The molecule has 2 unspecified atom stereocenters. The molecule has 19 heavy (non-hydrogen) atoms. The van der Waals surface area contributed by atoms with Crippen LogP contribution in [0.3, 0.4) is 0 Å². The van der Waals surface area contributed by atoms with Crippen molar-refractivity contribution in [2.45, 2.75) is 25.9 Å². The fourth-order valence-corrected chi connectivity index (χ4v) is 3.87. The highest BCUT2D eigenvalue weighted by Gasteiger charge is 2.31. The highest BCUT2D eigenvalue weighted by atomic mass is 32.2. The Bertz CT molecular complexity index is 504. The van der Waals surface area contributed by atoms with E-state index in [1.54, 1.807) is 12.4 Å². The van der Waals surface area contributed by atoms with Gasteiger partial charge in [-0.2, -0.15) is 0 Å². The number of nitrogens with zero attached hydrogens (tertiary/aromatic N) is 2. The van der Waals surface area contributed by atoms with Crippen LogP contribution in [0, 0.1) is 5.92 Å². The van der Waals surface area contributed by atoms with Crippen molar-refractivity contribution in [3.05, 3.63) is 30.1 Å². The van der Waals surface area contributed by atoms with E-state index in [9.17, 15) is 13.5 Å². The van der Waals surface area contributed by atoms with Crippen molar-refractivity contribution in [3.63, 3.8) is 0 Å². The van der Waals surface area contributed by atoms with Gasteiger partial charge in [-0.15, -0.1) is 0 Å². The third kappa shape index (κ3) is 3.75. The molecule has 2 atom stereocenters. The van der Waals surface area contributed by atoms with Crippen molar-refractivity contribution in [2.75, 3.05) is 18.8 Å². The Morgan fingerprint density at radius 3 is 2.74 bits per heavy atom. The van der Waals surface area contributed by atoms with Crippen LogP contribution in [0.25, 0.3) is 0 Å². The summed E-state index contributed by atoms with van der Waals surface area (Å²) < 4.78 is 26.0. The lowest BCUT2D eigenvalue weighted by Gasteiger charge is -2.33. The predicted molar refractivity (Wildman–Crippen MR) is 73.1 cm³/mol. The highest BCUT2D eigenvalue weighted by molar-refractivity contribution is 7.89. The summed E-state index contributed by atoms with van der Waals surface area (Å²) in [5, 5.41) is 9.64. The number of pyridine rings is 1. The maximum atomic E-state index is 12.2. The van der Waals surface area contributed by atoms with Crippen molar-refractivity contribution in [3.8, 4) is 0 Å². The zero-order valence-corrected chi connectivity index (χ0v) is 11.9. The van der Waals surface area contributed by atoms with E-state index in [4.69, 9.17) is 0 Å². The zero-order valence-electron chi connectivity index (χ0n) is 11.1. The van der Waals surface area contributed by atoms with Gasteiger partial charge in [0.15, 0.2) is 0 Å². The van der Waals surface area contributed by atoms with Crippen molar-refractivity contribution < 1.29 is 13.5 Å². The van der Waals surface area contributed by atoms with Gasteiger partial charge in [-0.3, -0.25) is 4.98 Å². The van der Waals surface area contributed by atoms with E-state index in [1.165, 1.54) is 4.31 Å². The number of aromatic nitrogens is 1. The van der Waals surface area contributed by atoms with Crippen LogP contribution in [0.2, 0.25) is 0 Å². The van der Waals surface area contributed by atoms with E-state index >= 15 is 0 Å². The maximum Gasteiger partial charge on any atom is 0.214 e. The number of aliphatic hydroxyl groups excluding tert-OH is 1. The first-order valence-electron chi connectivity index (χ1n) is 6.54. The molecule has 1 aromatic heterocycles. The second-order valence-corrected chi connectivity index (χ2v) is 7.20. The number of aryl methyl sites for hydroxylation is 1. The van der Waals surface area contributed by atoms with Gasteiger partial charge in [0.1, 0.15) is 0 Å². The van der Waals surface area contributed by atoms with E-state index < -0.39 is 10.0 Å². The summed E-state index contributed by atoms with van der Waals surface area (Å²) in [4.78, 5) is 3.91. The highest BCUT2D eigenvalue weighted by Crippen LogP contribution is 2.19. The van der Waals surface area contributed by atoms with Crippen LogP contribution in [0.4, 0.5) is 0 Å². The Balaban J connectivity index is 1.95. The number of aliphatic hydroxyl groups is 1. The standard InChI is InChI=1S/C13H20N2O3S/c1-11-10-15(8-4-13(11)16)19(17,18)9-5-12-2-6-14-7-3-12/h2-3,6-7,11,13,16H,4-5,8-10H2,1H3. The summed E-state index contributed by atoms with van der Waals surface area (Å²) in [6.45, 7) is 2.72. The molecule has 1 aliphatic heterocycles. The molecule has 0 saturated carbocycles. The fourth-order valence-electron chi connectivity index (χ4n) is 2.27. The predicted octanol–water partition coefficient (Wildman–Crippen LogP) is 0.657. The van der Waals surface area contributed by atoms with Crippen LogP contribution in [-0.2, 0) is 16.4 Å². The number of piperidine rings is 1. The van der Waals surface area contributed by atoms with Crippen molar-refractivity contribution >= 4 is 10.0 Å². The van der Waals surface area contributed by atoms with Gasteiger partial charge in [-0.1, -0.05) is 6.92 Å². The minimum atomic E-state index is -3.24. The van der Waals surface area contributed by atoms with Crippen LogP contribution in [0.15, 0.2) is 24.5 Å². The largest absolute Gasteiger partial charge is 0.393 e. The smallest absolute Gasteiger partial charge is 0.214 e. The zero-order chi connectivity index (χ0) is 13.9. The number of hydrogen-bond donors (Lipinski definition) is 1. The average Bonchev–Trinajstić information content (AvgIpc) is 2.41. The fraction of sp³-hybridized carbons (Fsp3) is 0.615. The lowest BCUT2D eigenvalue weighted by molar-refractivity contribution is 0.0629. The molecular weight excluding hydrogens is 264 g/mol. The molecule has 0 aromatic carbocycles. The first kappa shape index (κ1) is 14.4. The van der Waals surface area contributed by atoms with Crippen LogP contribution in [-0.4, -0.2) is 47.8 Å². The molecule has 0 spiro atoms. The first-order chi connectivity index (χ1) is 8.99. The number of rotatable bonds is 4. The van der Waals surface area contributed by atoms with Gasteiger partial charge in [0, 0.05) is 25.5 Å². The molecule has 1 saturated heterocycles. The number of sulfonamides is 1. The van der Waals surface area contributed by atoms with E-state index in [1.807, 2.05) is 19.1 Å². The average molecular weight is 284 g/mol. The van der Waals surface area contributed by atoms with E-state index in [0.29, 0.717) is 25.9 Å². The van der Waals surface area contributed by atoms with Gasteiger partial charge in [-0.05, 0) is 36.5 Å². The molecule has 1 fully saturated rings. The molecular formula is C13H20N2O3S. The molecule has 1 aromatic rings. The van der Waals surface area contributed by atoms with Gasteiger partial charge in [-0.25, -0.2) is 12.7 Å². The Morgan fingerprint density at radius 2 is 2.11 bits per heavy atom. The van der Waals surface area contributed by atoms with Gasteiger partial charge in [0.2, 0.25) is 10.0 Å². The topological polar surface area (TPSA) is 70.5 Å². The minimum absolute atomic E-state index is 0.00412. The summed E-state index contributed by atoms with van der Waals surface area (Å²) >= 11 is 0. The molecule has 0 radical (unpaired) electrons. The monoisotopic (exact) mass is 284 g/mol. The minimum Gasteiger partial charge on any atom is -0.393 e. The van der Waals surface area contributed by atoms with E-state index in [2.05, 4.69) is 4.98 Å². The first-order valence-corrected chi connectivity index (χ1v) is 8.15. The van der Waals surface area contributed by atoms with Crippen molar-refractivity contribution in [2.24, 2.45) is 5.92 Å².